The van der Waals surface area contributed by atoms with Crippen molar-refractivity contribution in [2.45, 2.75) is 90.6 Å². The van der Waals surface area contributed by atoms with Gasteiger partial charge in [0.2, 0.25) is 0 Å². The van der Waals surface area contributed by atoms with E-state index >= 15 is 0 Å². The predicted molar refractivity (Wildman–Crippen MR) is 111 cm³/mol. The van der Waals surface area contributed by atoms with Crippen LogP contribution in [0.3, 0.4) is 0 Å². The fraction of sp³-hybridized carbons (Fsp3) is 0.583. The highest BCUT2D eigenvalue weighted by Gasteiger charge is 2.03. The van der Waals surface area contributed by atoms with Gasteiger partial charge in [0.05, 0.1) is 0 Å². The summed E-state index contributed by atoms with van der Waals surface area (Å²) in [4.78, 5) is 15.7. The number of ether oxygens (including phenoxy) is 1. The summed E-state index contributed by atoms with van der Waals surface area (Å²) in [6.07, 6.45) is 16.2. The van der Waals surface area contributed by atoms with E-state index in [1.54, 1.807) is 12.4 Å². The van der Waals surface area contributed by atoms with Gasteiger partial charge in [-0.1, -0.05) is 63.4 Å². The van der Waals surface area contributed by atoms with Crippen molar-refractivity contribution in [3.63, 3.8) is 0 Å². The number of pyridine rings is 1. The smallest absolute Gasteiger partial charge is 0.306 e. The Morgan fingerprint density at radius 3 is 2.26 bits per heavy atom. The Balaban J connectivity index is 1.91. The molecule has 0 bridgehead atoms. The molecule has 0 aliphatic rings. The summed E-state index contributed by atoms with van der Waals surface area (Å²) in [7, 11) is 0. The Morgan fingerprint density at radius 1 is 0.963 bits per heavy atom. The predicted octanol–water partition coefficient (Wildman–Crippen LogP) is 5.83. The third kappa shape index (κ3) is 14.6. The van der Waals surface area contributed by atoms with E-state index in [0.29, 0.717) is 13.0 Å². The molecule has 1 rings (SSSR count). The monoisotopic (exact) mass is 367 g/mol. The molecule has 27 heavy (non-hydrogen) atoms. The summed E-state index contributed by atoms with van der Waals surface area (Å²) >= 11 is 0. The molecule has 3 nitrogen and oxygen atoms in total. The molecule has 0 atom stereocenters. The van der Waals surface area contributed by atoms with Gasteiger partial charge < -0.3 is 4.74 Å². The lowest BCUT2D eigenvalue weighted by atomic mass is 10.1. The van der Waals surface area contributed by atoms with Gasteiger partial charge in [0, 0.05) is 37.2 Å². The highest BCUT2D eigenvalue weighted by molar-refractivity contribution is 5.69. The van der Waals surface area contributed by atoms with Crippen molar-refractivity contribution in [2.24, 2.45) is 0 Å². The van der Waals surface area contributed by atoms with Gasteiger partial charge in [-0.25, -0.2) is 0 Å². The number of unbranched alkanes of at least 4 members (excludes halogenated alkanes) is 9. The Bertz CT molecular complexity index is 617. The SMILES string of the molecule is CCCCCCCC#CC#CCCCCCCC(=O)OCc1cccnc1. The van der Waals surface area contributed by atoms with Gasteiger partial charge in [-0.05, 0) is 37.2 Å². The molecule has 0 spiro atoms. The highest BCUT2D eigenvalue weighted by atomic mass is 16.5. The molecule has 1 aromatic heterocycles. The first-order valence-electron chi connectivity index (χ1n) is 10.3. The lowest BCUT2D eigenvalue weighted by Crippen LogP contribution is -2.04. The zero-order valence-electron chi connectivity index (χ0n) is 16.8. The van der Waals surface area contributed by atoms with Crippen molar-refractivity contribution >= 4 is 5.97 Å². The molecule has 1 aromatic rings. The van der Waals surface area contributed by atoms with Gasteiger partial charge in [0.25, 0.3) is 0 Å². The number of esters is 1. The molecule has 0 N–H and O–H groups in total. The lowest BCUT2D eigenvalue weighted by Gasteiger charge is -2.04. The molecule has 3 heteroatoms. The molecular weight excluding hydrogens is 334 g/mol. The summed E-state index contributed by atoms with van der Waals surface area (Å²) in [5.41, 5.74) is 0.920. The molecule has 0 aromatic carbocycles. The van der Waals surface area contributed by atoms with Crippen LogP contribution in [0, 0.1) is 23.7 Å². The fourth-order valence-electron chi connectivity index (χ4n) is 2.59. The normalized spacial score (nSPS) is 9.67. The first-order chi connectivity index (χ1) is 13.3. The Morgan fingerprint density at radius 2 is 1.63 bits per heavy atom. The average Bonchev–Trinajstić information content (AvgIpc) is 2.70. The van der Waals surface area contributed by atoms with Crippen molar-refractivity contribution in [2.75, 3.05) is 0 Å². The minimum atomic E-state index is -0.136. The third-order valence-electron chi connectivity index (χ3n) is 4.20. The van der Waals surface area contributed by atoms with Gasteiger partial charge >= 0.3 is 5.97 Å². The lowest BCUT2D eigenvalue weighted by molar-refractivity contribution is -0.145. The topological polar surface area (TPSA) is 39.2 Å². The van der Waals surface area contributed by atoms with Crippen LogP contribution >= 0.6 is 0 Å². The quantitative estimate of drug-likeness (QED) is 0.250. The average molecular weight is 368 g/mol. The molecule has 0 saturated carbocycles. The van der Waals surface area contributed by atoms with Crippen LogP contribution in [0.1, 0.15) is 89.5 Å². The van der Waals surface area contributed by atoms with Crippen LogP contribution in [0.15, 0.2) is 24.5 Å². The van der Waals surface area contributed by atoms with Crippen LogP contribution in [0.25, 0.3) is 0 Å². The zero-order chi connectivity index (χ0) is 19.4. The number of hydrogen-bond acceptors (Lipinski definition) is 3. The van der Waals surface area contributed by atoms with Crippen LogP contribution in [0.2, 0.25) is 0 Å². The molecule has 146 valence electrons. The number of carbonyl (C=O) groups excluding carboxylic acids is 1. The van der Waals surface area contributed by atoms with Crippen molar-refractivity contribution in [3.8, 4) is 23.7 Å². The van der Waals surface area contributed by atoms with E-state index in [1.165, 1.54) is 32.1 Å². The van der Waals surface area contributed by atoms with Gasteiger partial charge in [0.1, 0.15) is 6.61 Å². The Kier molecular flexibility index (Phi) is 14.5. The first kappa shape index (κ1) is 22.8. The maximum absolute atomic E-state index is 11.7. The maximum Gasteiger partial charge on any atom is 0.306 e. The molecule has 0 aliphatic carbocycles. The molecule has 0 amide bonds. The van der Waals surface area contributed by atoms with E-state index in [2.05, 4.69) is 35.6 Å². The highest BCUT2D eigenvalue weighted by Crippen LogP contribution is 2.07. The Labute approximate surface area is 165 Å². The maximum atomic E-state index is 11.7. The minimum absolute atomic E-state index is 0.136. The van der Waals surface area contributed by atoms with Crippen LogP contribution in [0.5, 0.6) is 0 Å². The van der Waals surface area contributed by atoms with E-state index < -0.39 is 0 Å². The van der Waals surface area contributed by atoms with Gasteiger partial charge in [-0.3, -0.25) is 9.78 Å². The van der Waals surface area contributed by atoms with Crippen molar-refractivity contribution in [1.29, 1.82) is 0 Å². The number of carbonyl (C=O) groups is 1. The molecule has 0 unspecified atom stereocenters. The molecule has 0 radical (unpaired) electrons. The molecule has 0 saturated heterocycles. The third-order valence-corrected chi connectivity index (χ3v) is 4.20. The second-order valence-corrected chi connectivity index (χ2v) is 6.70. The summed E-state index contributed by atoms with van der Waals surface area (Å²) in [6, 6.07) is 3.74. The standard InChI is InChI=1S/C24H33NO2/c1-2-3-4-5-6-7-8-9-10-11-12-13-14-15-16-19-24(26)27-22-23-18-17-20-25-21-23/h17-18,20-21H,2-7,12-16,19,22H2,1H3. The second-order valence-electron chi connectivity index (χ2n) is 6.70. The van der Waals surface area contributed by atoms with Gasteiger partial charge in [-0.15, -0.1) is 0 Å². The van der Waals surface area contributed by atoms with Crippen LogP contribution in [-0.2, 0) is 16.1 Å². The number of hydrogen-bond donors (Lipinski definition) is 0. The summed E-state index contributed by atoms with van der Waals surface area (Å²) < 4.78 is 5.23. The molecule has 0 aliphatic heterocycles. The van der Waals surface area contributed by atoms with E-state index in [-0.39, 0.29) is 5.97 Å². The minimum Gasteiger partial charge on any atom is -0.461 e. The Hall–Kier alpha value is -2.26. The number of aromatic nitrogens is 1. The summed E-state index contributed by atoms with van der Waals surface area (Å²) in [6.45, 7) is 2.54. The van der Waals surface area contributed by atoms with Crippen molar-refractivity contribution in [3.05, 3.63) is 30.1 Å². The van der Waals surface area contributed by atoms with E-state index in [4.69, 9.17) is 4.74 Å². The van der Waals surface area contributed by atoms with Gasteiger partial charge in [0.15, 0.2) is 0 Å². The molecular formula is C24H33NO2. The first-order valence-corrected chi connectivity index (χ1v) is 10.3. The van der Waals surface area contributed by atoms with E-state index in [0.717, 1.165) is 44.1 Å². The largest absolute Gasteiger partial charge is 0.461 e. The van der Waals surface area contributed by atoms with Crippen molar-refractivity contribution < 1.29 is 9.53 Å². The second kappa shape index (κ2) is 17.2. The fourth-order valence-corrected chi connectivity index (χ4v) is 2.59. The molecule has 1 heterocycles. The molecule has 0 fully saturated rings. The van der Waals surface area contributed by atoms with Crippen molar-refractivity contribution in [1.82, 2.24) is 4.98 Å². The van der Waals surface area contributed by atoms with Gasteiger partial charge in [-0.2, -0.15) is 0 Å². The van der Waals surface area contributed by atoms with E-state index in [1.807, 2.05) is 12.1 Å². The van der Waals surface area contributed by atoms with E-state index in [9.17, 15) is 4.79 Å². The van der Waals surface area contributed by atoms with Crippen LogP contribution in [0.4, 0.5) is 0 Å². The number of nitrogens with zero attached hydrogens (tertiary/aromatic N) is 1. The zero-order valence-corrected chi connectivity index (χ0v) is 16.8. The summed E-state index contributed by atoms with van der Waals surface area (Å²) in [5.74, 6) is 12.0. The number of rotatable bonds is 13. The van der Waals surface area contributed by atoms with Crippen LogP contribution in [-0.4, -0.2) is 11.0 Å². The van der Waals surface area contributed by atoms with Crippen LogP contribution < -0.4 is 0 Å². The summed E-state index contributed by atoms with van der Waals surface area (Å²) in [5, 5.41) is 0.